The van der Waals surface area contributed by atoms with Crippen LogP contribution in [0.15, 0.2) is 45.8 Å². The largest absolute Gasteiger partial charge is 0.398 e. The Bertz CT molecular complexity index is 525. The van der Waals surface area contributed by atoms with Gasteiger partial charge in [-0.2, -0.15) is 0 Å². The highest BCUT2D eigenvalue weighted by Crippen LogP contribution is 2.31. The molecule has 2 aromatic carbocycles. The summed E-state index contributed by atoms with van der Waals surface area (Å²) in [5.41, 5.74) is 7.11. The molecule has 0 fully saturated rings. The highest BCUT2D eigenvalue weighted by molar-refractivity contribution is 9.10. The molecular formula is C13H10BrClFNS. The molecule has 0 spiro atoms. The van der Waals surface area contributed by atoms with Crippen LogP contribution in [0.4, 0.5) is 10.1 Å². The maximum Gasteiger partial charge on any atom is 0.128 e. The molecule has 18 heavy (non-hydrogen) atoms. The summed E-state index contributed by atoms with van der Waals surface area (Å²) >= 11 is 10.5. The van der Waals surface area contributed by atoms with Gasteiger partial charge in [0.1, 0.15) is 5.82 Å². The zero-order valence-electron chi connectivity index (χ0n) is 9.29. The van der Waals surface area contributed by atoms with Gasteiger partial charge in [-0.25, -0.2) is 4.39 Å². The predicted octanol–water partition coefficient (Wildman–Crippen LogP) is 5.12. The van der Waals surface area contributed by atoms with Crippen molar-refractivity contribution in [2.45, 2.75) is 10.6 Å². The molecule has 0 atom stereocenters. The quantitative estimate of drug-likeness (QED) is 0.617. The zero-order chi connectivity index (χ0) is 13.1. The van der Waals surface area contributed by atoms with Crippen LogP contribution in [0.25, 0.3) is 0 Å². The Hall–Kier alpha value is -0.710. The van der Waals surface area contributed by atoms with Gasteiger partial charge in [0.2, 0.25) is 0 Å². The van der Waals surface area contributed by atoms with Crippen molar-refractivity contribution in [1.82, 2.24) is 0 Å². The van der Waals surface area contributed by atoms with Crippen molar-refractivity contribution in [1.29, 1.82) is 0 Å². The van der Waals surface area contributed by atoms with Crippen LogP contribution < -0.4 is 5.73 Å². The van der Waals surface area contributed by atoms with Crippen LogP contribution in [0.3, 0.4) is 0 Å². The van der Waals surface area contributed by atoms with Gasteiger partial charge in [-0.15, -0.1) is 11.8 Å². The van der Waals surface area contributed by atoms with Gasteiger partial charge < -0.3 is 5.73 Å². The third kappa shape index (κ3) is 3.40. The highest BCUT2D eigenvalue weighted by Gasteiger charge is 2.06. The molecule has 2 N–H and O–H groups in total. The smallest absolute Gasteiger partial charge is 0.128 e. The van der Waals surface area contributed by atoms with E-state index in [9.17, 15) is 4.39 Å². The minimum absolute atomic E-state index is 0.218. The standard InChI is InChI=1S/C13H10BrClFNS/c14-9-2-1-8(11(16)5-9)7-18-13-4-3-10(15)6-12(13)17/h1-6H,7,17H2. The first kappa shape index (κ1) is 13.7. The second-order valence-electron chi connectivity index (χ2n) is 3.71. The van der Waals surface area contributed by atoms with Gasteiger partial charge >= 0.3 is 0 Å². The van der Waals surface area contributed by atoms with Crippen molar-refractivity contribution in [2.75, 3.05) is 5.73 Å². The summed E-state index contributed by atoms with van der Waals surface area (Å²) in [4.78, 5) is 0.904. The van der Waals surface area contributed by atoms with E-state index < -0.39 is 0 Å². The van der Waals surface area contributed by atoms with Crippen molar-refractivity contribution in [3.8, 4) is 0 Å². The maximum atomic E-state index is 13.6. The molecule has 0 aliphatic heterocycles. The molecule has 0 aliphatic rings. The molecule has 0 radical (unpaired) electrons. The number of hydrogen-bond acceptors (Lipinski definition) is 2. The Morgan fingerprint density at radius 1 is 1.22 bits per heavy atom. The Kier molecular flexibility index (Phi) is 4.54. The molecule has 2 aromatic rings. The summed E-state index contributed by atoms with van der Waals surface area (Å²) in [6.45, 7) is 0. The molecule has 0 heterocycles. The lowest BCUT2D eigenvalue weighted by Crippen LogP contribution is -1.91. The van der Waals surface area contributed by atoms with E-state index in [1.807, 2.05) is 12.1 Å². The number of anilines is 1. The van der Waals surface area contributed by atoms with Crippen LogP contribution in [0.1, 0.15) is 5.56 Å². The first-order valence-electron chi connectivity index (χ1n) is 5.18. The summed E-state index contributed by atoms with van der Waals surface area (Å²) in [7, 11) is 0. The second-order valence-corrected chi connectivity index (χ2v) is 6.08. The number of thioether (sulfide) groups is 1. The number of hydrogen-bond donors (Lipinski definition) is 1. The van der Waals surface area contributed by atoms with Crippen molar-refractivity contribution >= 4 is 45.0 Å². The monoisotopic (exact) mass is 345 g/mol. The number of nitrogens with two attached hydrogens (primary N) is 1. The lowest BCUT2D eigenvalue weighted by Gasteiger charge is -2.07. The second kappa shape index (κ2) is 5.95. The van der Waals surface area contributed by atoms with E-state index in [4.69, 9.17) is 17.3 Å². The molecule has 0 saturated carbocycles. The summed E-state index contributed by atoms with van der Waals surface area (Å²) in [5.74, 6) is 0.315. The molecular weight excluding hydrogens is 337 g/mol. The molecule has 5 heteroatoms. The lowest BCUT2D eigenvalue weighted by atomic mass is 10.2. The minimum atomic E-state index is -0.218. The van der Waals surface area contributed by atoms with Gasteiger partial charge in [0.05, 0.1) is 0 Å². The fourth-order valence-electron chi connectivity index (χ4n) is 1.45. The first-order chi connectivity index (χ1) is 8.56. The summed E-state index contributed by atoms with van der Waals surface area (Å²) in [6.07, 6.45) is 0. The molecule has 94 valence electrons. The topological polar surface area (TPSA) is 26.0 Å². The van der Waals surface area contributed by atoms with Crippen molar-refractivity contribution in [3.05, 3.63) is 57.3 Å². The molecule has 2 rings (SSSR count). The Balaban J connectivity index is 2.11. The molecule has 0 unspecified atom stereocenters. The van der Waals surface area contributed by atoms with E-state index in [1.165, 1.54) is 17.8 Å². The SMILES string of the molecule is Nc1cc(Cl)ccc1SCc1ccc(Br)cc1F. The fourth-order valence-corrected chi connectivity index (χ4v) is 2.89. The van der Waals surface area contributed by atoms with E-state index in [1.54, 1.807) is 18.2 Å². The van der Waals surface area contributed by atoms with E-state index in [0.29, 0.717) is 22.0 Å². The van der Waals surface area contributed by atoms with Crippen LogP contribution >= 0.6 is 39.3 Å². The number of halogens is 3. The summed E-state index contributed by atoms with van der Waals surface area (Å²) < 4.78 is 14.4. The van der Waals surface area contributed by atoms with Crippen molar-refractivity contribution < 1.29 is 4.39 Å². The molecule has 0 saturated heterocycles. The Morgan fingerprint density at radius 3 is 2.67 bits per heavy atom. The van der Waals surface area contributed by atoms with E-state index in [2.05, 4.69) is 15.9 Å². The van der Waals surface area contributed by atoms with Gasteiger partial charge in [0.15, 0.2) is 0 Å². The first-order valence-corrected chi connectivity index (χ1v) is 7.33. The van der Waals surface area contributed by atoms with Gasteiger partial charge in [0, 0.05) is 25.8 Å². The molecule has 0 bridgehead atoms. The van der Waals surface area contributed by atoms with Gasteiger partial charge in [0.25, 0.3) is 0 Å². The van der Waals surface area contributed by atoms with E-state index in [0.717, 1.165) is 9.37 Å². The van der Waals surface area contributed by atoms with Crippen LogP contribution in [0, 0.1) is 5.82 Å². The van der Waals surface area contributed by atoms with E-state index in [-0.39, 0.29) is 5.82 Å². The van der Waals surface area contributed by atoms with Gasteiger partial charge in [-0.1, -0.05) is 33.6 Å². The molecule has 0 aromatic heterocycles. The molecule has 1 nitrogen and oxygen atoms in total. The minimum Gasteiger partial charge on any atom is -0.398 e. The lowest BCUT2D eigenvalue weighted by molar-refractivity contribution is 0.616. The predicted molar refractivity (Wildman–Crippen MR) is 79.5 cm³/mol. The maximum absolute atomic E-state index is 13.6. The van der Waals surface area contributed by atoms with Gasteiger partial charge in [-0.3, -0.25) is 0 Å². The summed E-state index contributed by atoms with van der Waals surface area (Å²) in [6, 6.07) is 10.4. The van der Waals surface area contributed by atoms with Crippen LogP contribution in [-0.2, 0) is 5.75 Å². The third-order valence-corrected chi connectivity index (χ3v) is 4.24. The van der Waals surface area contributed by atoms with E-state index >= 15 is 0 Å². The summed E-state index contributed by atoms with van der Waals surface area (Å²) in [5, 5.41) is 0.603. The van der Waals surface area contributed by atoms with Crippen LogP contribution in [-0.4, -0.2) is 0 Å². The Morgan fingerprint density at radius 2 is 2.00 bits per heavy atom. The number of benzene rings is 2. The number of nitrogen functional groups attached to an aromatic ring is 1. The Labute approximate surface area is 123 Å². The van der Waals surface area contributed by atoms with Crippen molar-refractivity contribution in [3.63, 3.8) is 0 Å². The normalized spacial score (nSPS) is 10.6. The zero-order valence-corrected chi connectivity index (χ0v) is 12.4. The average Bonchev–Trinajstić information content (AvgIpc) is 2.30. The third-order valence-electron chi connectivity index (χ3n) is 2.37. The van der Waals surface area contributed by atoms with Crippen LogP contribution in [0.5, 0.6) is 0 Å². The van der Waals surface area contributed by atoms with Gasteiger partial charge in [-0.05, 0) is 35.9 Å². The fraction of sp³-hybridized carbons (Fsp3) is 0.0769. The van der Waals surface area contributed by atoms with Crippen molar-refractivity contribution in [2.24, 2.45) is 0 Å². The number of rotatable bonds is 3. The highest BCUT2D eigenvalue weighted by atomic mass is 79.9. The molecule has 0 amide bonds. The molecule has 0 aliphatic carbocycles. The van der Waals surface area contributed by atoms with Crippen LogP contribution in [0.2, 0.25) is 5.02 Å². The average molecular weight is 347 g/mol.